The van der Waals surface area contributed by atoms with Crippen molar-refractivity contribution in [3.63, 3.8) is 0 Å². The van der Waals surface area contributed by atoms with Gasteiger partial charge in [-0.05, 0) is 62.9 Å². The molecule has 0 unspecified atom stereocenters. The van der Waals surface area contributed by atoms with Crippen molar-refractivity contribution in [1.29, 1.82) is 0 Å². The Bertz CT molecular complexity index is 960. The van der Waals surface area contributed by atoms with Gasteiger partial charge in [-0.2, -0.15) is 0 Å². The molecule has 6 nitrogen and oxygen atoms in total. The van der Waals surface area contributed by atoms with Crippen molar-refractivity contribution in [2.24, 2.45) is 0 Å². The summed E-state index contributed by atoms with van der Waals surface area (Å²) in [5.41, 5.74) is 2.88. The third-order valence-corrected chi connectivity index (χ3v) is 5.57. The van der Waals surface area contributed by atoms with E-state index in [4.69, 9.17) is 5.11 Å². The van der Waals surface area contributed by atoms with Crippen molar-refractivity contribution in [3.8, 4) is 0 Å². The van der Waals surface area contributed by atoms with Crippen LogP contribution < -0.4 is 5.56 Å². The van der Waals surface area contributed by atoms with E-state index in [-0.39, 0.29) is 28.5 Å². The van der Waals surface area contributed by atoms with Crippen molar-refractivity contribution in [2.75, 3.05) is 13.1 Å². The summed E-state index contributed by atoms with van der Waals surface area (Å²) in [6.07, 6.45) is 1.78. The third kappa shape index (κ3) is 3.72. The number of carboxylic acids is 1. The highest BCUT2D eigenvalue weighted by Crippen LogP contribution is 2.28. The summed E-state index contributed by atoms with van der Waals surface area (Å²) < 4.78 is 1.63. The molecule has 3 rings (SSSR count). The largest absolute Gasteiger partial charge is 0.478 e. The third-order valence-electron chi connectivity index (χ3n) is 5.57. The van der Waals surface area contributed by atoms with Crippen LogP contribution in [0.25, 0.3) is 0 Å². The van der Waals surface area contributed by atoms with Gasteiger partial charge in [-0.1, -0.05) is 12.1 Å². The molecule has 1 fully saturated rings. The molecule has 6 heteroatoms. The molecule has 0 radical (unpaired) electrons. The zero-order valence-corrected chi connectivity index (χ0v) is 16.6. The summed E-state index contributed by atoms with van der Waals surface area (Å²) in [5.74, 6) is -1.02. The number of pyridine rings is 1. The second kappa shape index (κ2) is 8.00. The lowest BCUT2D eigenvalue weighted by molar-refractivity contribution is 0.0693. The van der Waals surface area contributed by atoms with E-state index >= 15 is 0 Å². The Labute approximate surface area is 164 Å². The zero-order chi connectivity index (χ0) is 20.4. The van der Waals surface area contributed by atoms with Crippen molar-refractivity contribution in [2.45, 2.75) is 46.1 Å². The standard InChI is InChI=1S/C22H26N2O4/c1-4-24-15(3)12-14(2)19(21(24)26)20(25)23-11-5-6-18(13-23)16-7-9-17(10-8-16)22(27)28/h7-10,12,18H,4-6,11,13H2,1-3H3,(H,27,28)/t18-/m1/s1. The Morgan fingerprint density at radius 1 is 1.18 bits per heavy atom. The Kier molecular flexibility index (Phi) is 5.68. The van der Waals surface area contributed by atoms with Crippen molar-refractivity contribution in [3.05, 3.63) is 68.6 Å². The molecule has 1 aliphatic rings. The van der Waals surface area contributed by atoms with Crippen LogP contribution in [0.15, 0.2) is 35.1 Å². The lowest BCUT2D eigenvalue weighted by Crippen LogP contribution is -2.42. The topological polar surface area (TPSA) is 79.6 Å². The van der Waals surface area contributed by atoms with Gasteiger partial charge in [-0.25, -0.2) is 4.79 Å². The molecule has 148 valence electrons. The normalized spacial score (nSPS) is 16.8. The zero-order valence-electron chi connectivity index (χ0n) is 16.6. The number of piperidine rings is 1. The van der Waals surface area contributed by atoms with Crippen LogP contribution >= 0.6 is 0 Å². The number of aromatic nitrogens is 1. The van der Waals surface area contributed by atoms with Gasteiger partial charge in [0, 0.05) is 31.2 Å². The first kappa shape index (κ1) is 19.9. The molecule has 2 heterocycles. The van der Waals surface area contributed by atoms with Gasteiger partial charge in [0.25, 0.3) is 11.5 Å². The van der Waals surface area contributed by atoms with Crippen LogP contribution in [0, 0.1) is 13.8 Å². The van der Waals surface area contributed by atoms with Crippen LogP contribution in [0.4, 0.5) is 0 Å². The summed E-state index contributed by atoms with van der Waals surface area (Å²) in [7, 11) is 0. The predicted molar refractivity (Wildman–Crippen MR) is 107 cm³/mol. The molecule has 0 spiro atoms. The van der Waals surface area contributed by atoms with E-state index in [0.717, 1.165) is 24.1 Å². The van der Waals surface area contributed by atoms with Crippen LogP contribution in [0.3, 0.4) is 0 Å². The first-order valence-electron chi connectivity index (χ1n) is 9.67. The Balaban J connectivity index is 1.86. The molecule has 1 aliphatic heterocycles. The van der Waals surface area contributed by atoms with Gasteiger partial charge in [0.15, 0.2) is 0 Å². The van der Waals surface area contributed by atoms with E-state index in [2.05, 4.69) is 0 Å². The van der Waals surface area contributed by atoms with E-state index in [1.54, 1.807) is 21.6 Å². The van der Waals surface area contributed by atoms with Gasteiger partial charge in [0.05, 0.1) is 5.56 Å². The molecule has 2 aromatic rings. The van der Waals surface area contributed by atoms with Gasteiger partial charge in [-0.3, -0.25) is 9.59 Å². The van der Waals surface area contributed by atoms with Crippen LogP contribution in [-0.2, 0) is 6.54 Å². The number of amides is 1. The van der Waals surface area contributed by atoms with Crippen molar-refractivity contribution in [1.82, 2.24) is 9.47 Å². The van der Waals surface area contributed by atoms with E-state index in [1.165, 1.54) is 0 Å². The van der Waals surface area contributed by atoms with E-state index in [1.807, 2.05) is 39.0 Å². The van der Waals surface area contributed by atoms with Gasteiger partial charge in [-0.15, -0.1) is 0 Å². The molecule has 0 saturated carbocycles. The monoisotopic (exact) mass is 382 g/mol. The van der Waals surface area contributed by atoms with Gasteiger partial charge < -0.3 is 14.6 Å². The van der Waals surface area contributed by atoms with Crippen LogP contribution in [0.1, 0.15) is 63.2 Å². The number of aryl methyl sites for hydroxylation is 2. The van der Waals surface area contributed by atoms with Crippen LogP contribution in [-0.4, -0.2) is 39.5 Å². The highest BCUT2D eigenvalue weighted by molar-refractivity contribution is 5.95. The number of hydrogen-bond acceptors (Lipinski definition) is 3. The average Bonchev–Trinajstić information content (AvgIpc) is 2.68. The first-order valence-corrected chi connectivity index (χ1v) is 9.67. The molecule has 0 aliphatic carbocycles. The van der Waals surface area contributed by atoms with Gasteiger partial charge in [0.1, 0.15) is 5.56 Å². The fourth-order valence-corrected chi connectivity index (χ4v) is 4.07. The molecular weight excluding hydrogens is 356 g/mol. The minimum Gasteiger partial charge on any atom is -0.478 e. The average molecular weight is 382 g/mol. The molecule has 0 bridgehead atoms. The number of likely N-dealkylation sites (tertiary alicyclic amines) is 1. The maximum atomic E-state index is 13.2. The number of nitrogens with zero attached hydrogens (tertiary/aromatic N) is 2. The smallest absolute Gasteiger partial charge is 0.335 e. The quantitative estimate of drug-likeness (QED) is 0.881. The van der Waals surface area contributed by atoms with Crippen molar-refractivity contribution < 1.29 is 14.7 Å². The highest BCUT2D eigenvalue weighted by atomic mass is 16.4. The Hall–Kier alpha value is -2.89. The Morgan fingerprint density at radius 3 is 2.46 bits per heavy atom. The summed E-state index contributed by atoms with van der Waals surface area (Å²) in [6.45, 7) is 7.28. The molecule has 1 N–H and O–H groups in total. The second-order valence-electron chi connectivity index (χ2n) is 7.41. The summed E-state index contributed by atoms with van der Waals surface area (Å²) in [4.78, 5) is 38.8. The van der Waals surface area contributed by atoms with E-state index in [0.29, 0.717) is 25.2 Å². The maximum Gasteiger partial charge on any atom is 0.335 e. The van der Waals surface area contributed by atoms with E-state index < -0.39 is 5.97 Å². The number of hydrogen-bond donors (Lipinski definition) is 1. The lowest BCUT2D eigenvalue weighted by atomic mass is 9.89. The van der Waals surface area contributed by atoms with Crippen LogP contribution in [0.5, 0.6) is 0 Å². The number of carbonyl (C=O) groups excluding carboxylic acids is 1. The molecule has 1 atom stereocenters. The van der Waals surface area contributed by atoms with Crippen LogP contribution in [0.2, 0.25) is 0 Å². The first-order chi connectivity index (χ1) is 13.3. The minimum absolute atomic E-state index is 0.139. The lowest BCUT2D eigenvalue weighted by Gasteiger charge is -2.33. The fourth-order valence-electron chi connectivity index (χ4n) is 4.07. The molecule has 1 saturated heterocycles. The number of aromatic carboxylic acids is 1. The van der Waals surface area contributed by atoms with E-state index in [9.17, 15) is 14.4 Å². The Morgan fingerprint density at radius 2 is 1.86 bits per heavy atom. The number of rotatable bonds is 4. The molecule has 1 amide bonds. The van der Waals surface area contributed by atoms with Crippen molar-refractivity contribution >= 4 is 11.9 Å². The maximum absolute atomic E-state index is 13.2. The summed E-state index contributed by atoms with van der Waals surface area (Å²) in [5, 5.41) is 9.06. The number of carbonyl (C=O) groups is 2. The molecule has 1 aromatic heterocycles. The molecular formula is C22H26N2O4. The SMILES string of the molecule is CCn1c(C)cc(C)c(C(=O)N2CCC[C@@H](c3ccc(C(=O)O)cc3)C2)c1=O. The van der Waals surface area contributed by atoms with Gasteiger partial charge in [0.2, 0.25) is 0 Å². The number of carboxylic acid groups (broad SMARTS) is 1. The molecule has 28 heavy (non-hydrogen) atoms. The summed E-state index contributed by atoms with van der Waals surface area (Å²) >= 11 is 0. The van der Waals surface area contributed by atoms with Gasteiger partial charge >= 0.3 is 5.97 Å². The summed E-state index contributed by atoms with van der Waals surface area (Å²) in [6, 6.07) is 8.74. The predicted octanol–water partition coefficient (Wildman–Crippen LogP) is 3.20. The number of benzene rings is 1. The molecule has 1 aromatic carbocycles. The fraction of sp³-hybridized carbons (Fsp3) is 0.409. The highest BCUT2D eigenvalue weighted by Gasteiger charge is 2.28. The second-order valence-corrected chi connectivity index (χ2v) is 7.41. The minimum atomic E-state index is -0.950.